The van der Waals surface area contributed by atoms with E-state index in [4.69, 9.17) is 0 Å². The van der Waals surface area contributed by atoms with E-state index >= 15 is 0 Å². The van der Waals surface area contributed by atoms with E-state index in [1.54, 1.807) is 0 Å². The van der Waals surface area contributed by atoms with Gasteiger partial charge in [0.05, 0.1) is 11.4 Å². The summed E-state index contributed by atoms with van der Waals surface area (Å²) >= 11 is 0. The largest absolute Gasteiger partial charge is 0.310 e. The van der Waals surface area contributed by atoms with Crippen LogP contribution in [0.3, 0.4) is 0 Å². The number of benzene rings is 14. The molecule has 0 aromatic heterocycles. The summed E-state index contributed by atoms with van der Waals surface area (Å²) in [5.74, 6) is 0. The Morgan fingerprint density at radius 1 is 0.211 bits per heavy atom. The average molecular weight is 1230 g/mol. The standard InChI is InChI=1S/C93H82N2/c1-59-61(3)65(7)91(66(8)62(59)4)79-31-17-27-75(55-79)77-29-19-33-85(57-77)94(89-37-21-25-73-23-13-15-35-87(73)89)83-51-43-71(44-52-83)69-39-47-81(48-40-69)93(11,12)82-49-41-70(42-50-82)72-45-53-84(54-46-72)95(90-38-22-26-74-24-14-16-36-88(74)90)86-34-20-30-78(58-86)76-28-18-32-80(56-76)92-67(9)63(5)60(2)64(6)68(92)10/h13-58H,1-12H3. The lowest BCUT2D eigenvalue weighted by Gasteiger charge is -2.28. The Hall–Kier alpha value is -10.8. The van der Waals surface area contributed by atoms with E-state index in [9.17, 15) is 0 Å². The maximum Gasteiger partial charge on any atom is 0.0540 e. The van der Waals surface area contributed by atoms with Gasteiger partial charge in [-0.15, -0.1) is 0 Å². The van der Waals surface area contributed by atoms with Crippen molar-refractivity contribution in [2.75, 3.05) is 9.80 Å². The van der Waals surface area contributed by atoms with Crippen LogP contribution in [0, 0.1) is 69.2 Å². The minimum atomic E-state index is -0.234. The van der Waals surface area contributed by atoms with Crippen LogP contribution in [-0.4, -0.2) is 0 Å². The molecule has 0 heterocycles. The van der Waals surface area contributed by atoms with Crippen molar-refractivity contribution in [2.45, 2.75) is 88.5 Å². The molecule has 2 nitrogen and oxygen atoms in total. The fourth-order valence-corrected chi connectivity index (χ4v) is 14.8. The molecule has 0 saturated heterocycles. The van der Waals surface area contributed by atoms with Crippen molar-refractivity contribution in [3.05, 3.63) is 346 Å². The van der Waals surface area contributed by atoms with E-state index in [1.807, 2.05) is 0 Å². The van der Waals surface area contributed by atoms with Gasteiger partial charge in [0, 0.05) is 38.9 Å². The summed E-state index contributed by atoms with van der Waals surface area (Å²) in [6.07, 6.45) is 0. The normalized spacial score (nSPS) is 11.6. The molecule has 464 valence electrons. The number of rotatable bonds is 14. The minimum absolute atomic E-state index is 0.234. The first-order valence-corrected chi connectivity index (χ1v) is 33.6. The molecule has 0 atom stereocenters. The van der Waals surface area contributed by atoms with Crippen molar-refractivity contribution in [1.82, 2.24) is 0 Å². The zero-order valence-corrected chi connectivity index (χ0v) is 57.0. The highest BCUT2D eigenvalue weighted by Crippen LogP contribution is 2.46. The first-order valence-electron chi connectivity index (χ1n) is 33.6. The third kappa shape index (κ3) is 11.4. The fourth-order valence-electron chi connectivity index (χ4n) is 14.8. The van der Waals surface area contributed by atoms with Crippen molar-refractivity contribution < 1.29 is 0 Å². The molecule has 0 aliphatic carbocycles. The van der Waals surface area contributed by atoms with Crippen LogP contribution in [0.4, 0.5) is 34.1 Å². The molecule has 0 N–H and O–H groups in total. The van der Waals surface area contributed by atoms with Crippen LogP contribution in [-0.2, 0) is 5.41 Å². The van der Waals surface area contributed by atoms with Gasteiger partial charge in [-0.1, -0.05) is 220 Å². The molecule has 0 aliphatic rings. The van der Waals surface area contributed by atoms with Crippen LogP contribution < -0.4 is 9.80 Å². The lowest BCUT2D eigenvalue weighted by atomic mass is 9.77. The van der Waals surface area contributed by atoms with E-state index in [2.05, 4.69) is 372 Å². The van der Waals surface area contributed by atoms with Gasteiger partial charge < -0.3 is 9.80 Å². The Labute approximate surface area is 563 Å². The Morgan fingerprint density at radius 2 is 0.484 bits per heavy atom. The molecule has 0 bridgehead atoms. The molecule has 0 unspecified atom stereocenters. The first kappa shape index (κ1) is 61.7. The highest BCUT2D eigenvalue weighted by Gasteiger charge is 2.25. The van der Waals surface area contributed by atoms with E-state index in [0.717, 1.165) is 34.1 Å². The molecular weight excluding hydrogens is 1150 g/mol. The van der Waals surface area contributed by atoms with E-state index < -0.39 is 0 Å². The Balaban J connectivity index is 0.721. The second-order valence-corrected chi connectivity index (χ2v) is 26.8. The lowest BCUT2D eigenvalue weighted by molar-refractivity contribution is 0.641. The van der Waals surface area contributed by atoms with Crippen molar-refractivity contribution in [3.8, 4) is 66.8 Å². The highest BCUT2D eigenvalue weighted by molar-refractivity contribution is 6.01. The summed E-state index contributed by atoms with van der Waals surface area (Å²) in [6.45, 7) is 27.3. The smallest absolute Gasteiger partial charge is 0.0540 e. The van der Waals surface area contributed by atoms with Crippen molar-refractivity contribution in [3.63, 3.8) is 0 Å². The van der Waals surface area contributed by atoms with Crippen LogP contribution >= 0.6 is 0 Å². The van der Waals surface area contributed by atoms with Crippen molar-refractivity contribution in [1.29, 1.82) is 0 Å². The number of hydrogen-bond donors (Lipinski definition) is 0. The van der Waals surface area contributed by atoms with Gasteiger partial charge in [0.15, 0.2) is 0 Å². The molecule has 2 heteroatoms. The van der Waals surface area contributed by atoms with E-state index in [1.165, 1.54) is 155 Å². The molecule has 0 radical (unpaired) electrons. The molecule has 0 spiro atoms. The quantitative estimate of drug-likeness (QED) is 0.107. The Morgan fingerprint density at radius 3 is 0.842 bits per heavy atom. The van der Waals surface area contributed by atoms with Gasteiger partial charge in [-0.2, -0.15) is 0 Å². The number of nitrogens with zero attached hydrogens (tertiary/aromatic N) is 2. The second-order valence-electron chi connectivity index (χ2n) is 26.8. The zero-order valence-electron chi connectivity index (χ0n) is 57.0. The SMILES string of the molecule is Cc1c(C)c(C)c(-c2cccc(-c3cccc(N(c4ccc(-c5ccc(C(C)(C)c6ccc(-c7ccc(N(c8cccc(-c9cccc(-c%10c(C)c(C)c(C)c(C)c%10C)c9)c8)c8cccc9ccccc89)cc7)cc6)cc5)cc4)c4cccc5ccccc45)c3)c2)c(C)c1C. The van der Waals surface area contributed by atoms with Gasteiger partial charge in [-0.05, 0) is 286 Å². The third-order valence-electron chi connectivity index (χ3n) is 21.3. The fraction of sp³-hybridized carbons (Fsp3) is 0.140. The first-order chi connectivity index (χ1) is 46.0. The average Bonchev–Trinajstić information content (AvgIpc) is 0.980. The summed E-state index contributed by atoms with van der Waals surface area (Å²) < 4.78 is 0. The van der Waals surface area contributed by atoms with Gasteiger partial charge in [0.1, 0.15) is 0 Å². The molecular formula is C93H82N2. The summed E-state index contributed by atoms with van der Waals surface area (Å²) in [5.41, 5.74) is 37.3. The molecule has 95 heavy (non-hydrogen) atoms. The maximum absolute atomic E-state index is 2.42. The van der Waals surface area contributed by atoms with Crippen LogP contribution in [0.5, 0.6) is 0 Å². The maximum atomic E-state index is 2.42. The zero-order chi connectivity index (χ0) is 65.8. The van der Waals surface area contributed by atoms with Gasteiger partial charge in [0.2, 0.25) is 0 Å². The Bertz CT molecular complexity index is 4840. The number of hydrogen-bond acceptors (Lipinski definition) is 2. The van der Waals surface area contributed by atoms with Crippen LogP contribution in [0.2, 0.25) is 0 Å². The monoisotopic (exact) mass is 1230 g/mol. The molecule has 14 aromatic carbocycles. The summed E-state index contributed by atoms with van der Waals surface area (Å²) in [6, 6.07) is 104. The summed E-state index contributed by atoms with van der Waals surface area (Å²) in [7, 11) is 0. The number of anilines is 6. The van der Waals surface area contributed by atoms with Crippen LogP contribution in [0.15, 0.2) is 279 Å². The Kier molecular flexibility index (Phi) is 16.4. The molecule has 14 aromatic rings. The molecule has 14 rings (SSSR count). The predicted molar refractivity (Wildman–Crippen MR) is 409 cm³/mol. The molecule has 0 aliphatic heterocycles. The predicted octanol–water partition coefficient (Wildman–Crippen LogP) is 26.3. The topological polar surface area (TPSA) is 6.48 Å². The van der Waals surface area contributed by atoms with E-state index in [-0.39, 0.29) is 5.41 Å². The minimum Gasteiger partial charge on any atom is -0.310 e. The van der Waals surface area contributed by atoms with Gasteiger partial charge in [-0.25, -0.2) is 0 Å². The summed E-state index contributed by atoms with van der Waals surface area (Å²) in [4.78, 5) is 4.84. The van der Waals surface area contributed by atoms with Gasteiger partial charge in [-0.3, -0.25) is 0 Å². The molecule has 0 amide bonds. The van der Waals surface area contributed by atoms with Crippen LogP contribution in [0.25, 0.3) is 88.3 Å². The van der Waals surface area contributed by atoms with Crippen molar-refractivity contribution >= 4 is 55.7 Å². The lowest BCUT2D eigenvalue weighted by Crippen LogP contribution is -2.18. The molecule has 0 saturated carbocycles. The highest BCUT2D eigenvalue weighted by atomic mass is 15.1. The van der Waals surface area contributed by atoms with Gasteiger partial charge in [0.25, 0.3) is 0 Å². The molecule has 0 fully saturated rings. The van der Waals surface area contributed by atoms with Gasteiger partial charge >= 0.3 is 0 Å². The van der Waals surface area contributed by atoms with Crippen LogP contribution in [0.1, 0.15) is 80.6 Å². The van der Waals surface area contributed by atoms with Crippen molar-refractivity contribution in [2.24, 2.45) is 0 Å². The third-order valence-corrected chi connectivity index (χ3v) is 21.3. The second kappa shape index (κ2) is 25.3. The summed E-state index contributed by atoms with van der Waals surface area (Å²) in [5, 5.41) is 4.82. The number of fused-ring (bicyclic) bond motifs is 2. The van der Waals surface area contributed by atoms with E-state index in [0.29, 0.717) is 0 Å².